The van der Waals surface area contributed by atoms with Crippen LogP contribution in [0.25, 0.3) is 0 Å². The third-order valence-electron chi connectivity index (χ3n) is 3.58. The van der Waals surface area contributed by atoms with Gasteiger partial charge in [-0.25, -0.2) is 0 Å². The van der Waals surface area contributed by atoms with Crippen LogP contribution >= 0.6 is 0 Å². The largest absolute Gasteiger partial charge is 0.386 e. The maximum absolute atomic E-state index is 11.7. The molecule has 0 aromatic rings. The predicted molar refractivity (Wildman–Crippen MR) is 61.6 cm³/mol. The van der Waals surface area contributed by atoms with Gasteiger partial charge in [0.05, 0.1) is 13.1 Å². The van der Waals surface area contributed by atoms with Crippen molar-refractivity contribution in [2.75, 3.05) is 13.1 Å². The van der Waals surface area contributed by atoms with Crippen LogP contribution in [0, 0.1) is 18.3 Å². The summed E-state index contributed by atoms with van der Waals surface area (Å²) < 4.78 is 0. The number of hydrogen-bond donors (Lipinski definition) is 1. The number of aliphatic hydroxyl groups is 1. The van der Waals surface area contributed by atoms with E-state index >= 15 is 0 Å². The number of terminal acetylenes is 1. The number of carbonyl (C=O) groups is 1. The second-order valence-electron chi connectivity index (χ2n) is 5.04. The molecule has 16 heavy (non-hydrogen) atoms. The van der Waals surface area contributed by atoms with Gasteiger partial charge >= 0.3 is 0 Å². The number of nitrogens with zero attached hydrogens (tertiary/aromatic N) is 1. The van der Waals surface area contributed by atoms with E-state index in [-0.39, 0.29) is 5.91 Å². The van der Waals surface area contributed by atoms with Gasteiger partial charge in [0.15, 0.2) is 0 Å². The summed E-state index contributed by atoms with van der Waals surface area (Å²) in [6.45, 7) is 1.09. The number of unbranched alkanes of at least 4 members (excludes halogenated alkanes) is 2. The molecule has 2 fully saturated rings. The first kappa shape index (κ1) is 11.5. The minimum absolute atomic E-state index is 0.169. The average molecular weight is 221 g/mol. The maximum atomic E-state index is 11.7. The molecular formula is C13H19NO2. The van der Waals surface area contributed by atoms with Crippen molar-refractivity contribution in [2.45, 2.75) is 44.1 Å². The standard InChI is InChI=1S/C13H19NO2/c1-2-3-4-5-6-12(15)14-9-13(16,10-14)11-7-8-11/h1,11,16H,3-10H2. The van der Waals surface area contributed by atoms with Gasteiger partial charge in [0.2, 0.25) is 5.91 Å². The van der Waals surface area contributed by atoms with Gasteiger partial charge in [-0.15, -0.1) is 12.3 Å². The first-order chi connectivity index (χ1) is 7.65. The zero-order valence-corrected chi connectivity index (χ0v) is 9.61. The number of carbonyl (C=O) groups excluding carboxylic acids is 1. The Labute approximate surface area is 96.8 Å². The van der Waals surface area contributed by atoms with Crippen LogP contribution in [0.3, 0.4) is 0 Å². The topological polar surface area (TPSA) is 40.5 Å². The van der Waals surface area contributed by atoms with Crippen LogP contribution in [0.15, 0.2) is 0 Å². The van der Waals surface area contributed by atoms with Crippen molar-refractivity contribution in [1.29, 1.82) is 0 Å². The van der Waals surface area contributed by atoms with E-state index in [2.05, 4.69) is 5.92 Å². The zero-order valence-electron chi connectivity index (χ0n) is 9.61. The molecule has 0 spiro atoms. The average Bonchev–Trinajstić information content (AvgIpc) is 3.03. The second kappa shape index (κ2) is 4.47. The lowest BCUT2D eigenvalue weighted by atomic mass is 9.88. The van der Waals surface area contributed by atoms with Gasteiger partial charge in [0.25, 0.3) is 0 Å². The fourth-order valence-electron chi connectivity index (χ4n) is 2.33. The summed E-state index contributed by atoms with van der Waals surface area (Å²) in [5, 5.41) is 10.1. The maximum Gasteiger partial charge on any atom is 0.222 e. The Bertz CT molecular complexity index is 308. The molecule has 2 aliphatic rings. The third kappa shape index (κ3) is 2.38. The molecule has 0 aromatic carbocycles. The normalized spacial score (nSPS) is 22.4. The summed E-state index contributed by atoms with van der Waals surface area (Å²) in [7, 11) is 0. The van der Waals surface area contributed by atoms with Crippen molar-refractivity contribution in [3.05, 3.63) is 0 Å². The van der Waals surface area contributed by atoms with Crippen LogP contribution < -0.4 is 0 Å². The van der Waals surface area contributed by atoms with Crippen LogP contribution in [0.4, 0.5) is 0 Å². The van der Waals surface area contributed by atoms with Gasteiger partial charge in [0.1, 0.15) is 5.60 Å². The van der Waals surface area contributed by atoms with Gasteiger partial charge in [-0.05, 0) is 31.6 Å². The van der Waals surface area contributed by atoms with Crippen molar-refractivity contribution in [3.63, 3.8) is 0 Å². The zero-order chi connectivity index (χ0) is 11.6. The lowest BCUT2D eigenvalue weighted by Crippen LogP contribution is -2.64. The van der Waals surface area contributed by atoms with Crippen molar-refractivity contribution in [3.8, 4) is 12.3 Å². The Morgan fingerprint density at radius 2 is 2.12 bits per heavy atom. The molecule has 1 aliphatic heterocycles. The molecule has 0 atom stereocenters. The van der Waals surface area contributed by atoms with Crippen molar-refractivity contribution >= 4 is 5.91 Å². The minimum atomic E-state index is -0.547. The van der Waals surface area contributed by atoms with Crippen LogP contribution in [0.2, 0.25) is 0 Å². The molecule has 1 heterocycles. The van der Waals surface area contributed by atoms with E-state index in [9.17, 15) is 9.90 Å². The van der Waals surface area contributed by atoms with Crippen molar-refractivity contribution in [1.82, 2.24) is 4.90 Å². The molecule has 3 heteroatoms. The number of β-amino-alcohol motifs (C(OH)–C–C–N with tert-alkyl or cyclic N) is 1. The summed E-state index contributed by atoms with van der Waals surface area (Å²) in [4.78, 5) is 13.5. The predicted octanol–water partition coefficient (Wildman–Crippen LogP) is 1.16. The van der Waals surface area contributed by atoms with Gasteiger partial charge in [0, 0.05) is 12.8 Å². The van der Waals surface area contributed by atoms with E-state index in [1.807, 2.05) is 0 Å². The molecular weight excluding hydrogens is 202 g/mol. The molecule has 88 valence electrons. The van der Waals surface area contributed by atoms with Gasteiger partial charge in [-0.2, -0.15) is 0 Å². The fraction of sp³-hybridized carbons (Fsp3) is 0.769. The molecule has 0 aromatic heterocycles. The monoisotopic (exact) mass is 221 g/mol. The molecule has 1 saturated carbocycles. The first-order valence-corrected chi connectivity index (χ1v) is 6.09. The molecule has 1 amide bonds. The van der Waals surface area contributed by atoms with Crippen molar-refractivity contribution in [2.24, 2.45) is 5.92 Å². The molecule has 0 unspecified atom stereocenters. The highest BCUT2D eigenvalue weighted by molar-refractivity contribution is 5.77. The lowest BCUT2D eigenvalue weighted by Gasteiger charge is -2.47. The third-order valence-corrected chi connectivity index (χ3v) is 3.58. The minimum Gasteiger partial charge on any atom is -0.386 e. The number of hydrogen-bond acceptors (Lipinski definition) is 2. The number of amides is 1. The Hall–Kier alpha value is -1.01. The summed E-state index contributed by atoms with van der Waals surface area (Å²) in [5.74, 6) is 3.20. The molecule has 2 rings (SSSR count). The first-order valence-electron chi connectivity index (χ1n) is 6.09. The fourth-order valence-corrected chi connectivity index (χ4v) is 2.33. The highest BCUT2D eigenvalue weighted by Gasteiger charge is 2.52. The summed E-state index contributed by atoms with van der Waals surface area (Å²) in [5.41, 5.74) is -0.547. The van der Waals surface area contributed by atoms with E-state index in [0.717, 1.165) is 32.1 Å². The van der Waals surface area contributed by atoms with Crippen LogP contribution in [-0.4, -0.2) is 34.6 Å². The Balaban J connectivity index is 1.63. The second-order valence-corrected chi connectivity index (χ2v) is 5.04. The highest BCUT2D eigenvalue weighted by Crippen LogP contribution is 2.44. The van der Waals surface area contributed by atoms with Crippen LogP contribution in [-0.2, 0) is 4.79 Å². The van der Waals surface area contributed by atoms with Gasteiger partial charge in [-0.1, -0.05) is 0 Å². The highest BCUT2D eigenvalue weighted by atomic mass is 16.3. The molecule has 0 bridgehead atoms. The van der Waals surface area contributed by atoms with E-state index in [1.165, 1.54) is 0 Å². The van der Waals surface area contributed by atoms with Crippen molar-refractivity contribution < 1.29 is 9.90 Å². The Morgan fingerprint density at radius 3 is 2.69 bits per heavy atom. The summed E-state index contributed by atoms with van der Waals surface area (Å²) in [6.07, 6.45) is 10.5. The van der Waals surface area contributed by atoms with Crippen LogP contribution in [0.1, 0.15) is 38.5 Å². The number of likely N-dealkylation sites (tertiary alicyclic amines) is 1. The molecule has 3 nitrogen and oxygen atoms in total. The Kier molecular flexibility index (Phi) is 3.20. The van der Waals surface area contributed by atoms with E-state index < -0.39 is 5.60 Å². The Morgan fingerprint density at radius 1 is 1.44 bits per heavy atom. The summed E-state index contributed by atoms with van der Waals surface area (Å²) in [6, 6.07) is 0. The van der Waals surface area contributed by atoms with Crippen LogP contribution in [0.5, 0.6) is 0 Å². The molecule has 1 N–H and O–H groups in total. The van der Waals surface area contributed by atoms with Gasteiger partial charge in [-0.3, -0.25) is 4.79 Å². The molecule has 1 aliphatic carbocycles. The smallest absolute Gasteiger partial charge is 0.222 e. The SMILES string of the molecule is C#CCCCCC(=O)N1CC(O)(C2CC2)C1. The molecule has 0 radical (unpaired) electrons. The van der Waals surface area contributed by atoms with E-state index in [1.54, 1.807) is 4.90 Å². The summed E-state index contributed by atoms with van der Waals surface area (Å²) >= 11 is 0. The number of rotatable bonds is 5. The lowest BCUT2D eigenvalue weighted by molar-refractivity contribution is -0.159. The quantitative estimate of drug-likeness (QED) is 0.559. The van der Waals surface area contributed by atoms with E-state index in [4.69, 9.17) is 6.42 Å². The van der Waals surface area contributed by atoms with E-state index in [0.29, 0.717) is 25.4 Å². The van der Waals surface area contributed by atoms with Gasteiger partial charge < -0.3 is 10.0 Å². The molecule has 1 saturated heterocycles.